The number of ether oxygens (including phenoxy) is 1. The van der Waals surface area contributed by atoms with E-state index in [9.17, 15) is 9.59 Å². The molecule has 5 rings (SSSR count). The van der Waals surface area contributed by atoms with Crippen LogP contribution in [0.25, 0.3) is 10.9 Å². The van der Waals surface area contributed by atoms with Gasteiger partial charge in [0, 0.05) is 17.1 Å². The molecule has 2 aromatic rings. The van der Waals surface area contributed by atoms with Gasteiger partial charge in [0.1, 0.15) is 6.10 Å². The Balaban J connectivity index is 1.36. The number of nitrogens with one attached hydrogen (secondary N) is 1. The standard InChI is InChI=1S/C24H29NO4/c1-24-10-8-16-17(3-2-14-13-20-15(9-11-25-20)12-18(14)16)19(24)4-5-21(24)29-23(28)7-6-22(26)27/h9,11-13,16-17,19,21,25H,2-8,10H2,1H3,(H,26,27)/t16?,17?,19?,21-,24-/m0/s1. The molecule has 0 saturated heterocycles. The summed E-state index contributed by atoms with van der Waals surface area (Å²) in [5.41, 5.74) is 4.30. The predicted molar refractivity (Wildman–Crippen MR) is 110 cm³/mol. The Morgan fingerprint density at radius 1 is 1.21 bits per heavy atom. The third-order valence-corrected chi connectivity index (χ3v) is 8.13. The quantitative estimate of drug-likeness (QED) is 0.729. The lowest BCUT2D eigenvalue weighted by Gasteiger charge is -2.50. The molecule has 1 heterocycles. The lowest BCUT2D eigenvalue weighted by molar-refractivity contribution is -0.159. The Morgan fingerprint density at radius 3 is 2.90 bits per heavy atom. The Bertz CT molecular complexity index is 963. The maximum absolute atomic E-state index is 12.2. The van der Waals surface area contributed by atoms with Crippen LogP contribution in [0.2, 0.25) is 0 Å². The van der Waals surface area contributed by atoms with Crippen LogP contribution in [0.4, 0.5) is 0 Å². The molecule has 5 heteroatoms. The number of carbonyl (C=O) groups excluding carboxylic acids is 1. The summed E-state index contributed by atoms with van der Waals surface area (Å²) in [6, 6.07) is 6.91. The third kappa shape index (κ3) is 3.06. The van der Waals surface area contributed by atoms with Crippen molar-refractivity contribution in [1.82, 2.24) is 4.98 Å². The van der Waals surface area contributed by atoms with Crippen molar-refractivity contribution in [2.45, 2.75) is 70.3 Å². The molecule has 0 bridgehead atoms. The van der Waals surface area contributed by atoms with Gasteiger partial charge in [-0.25, -0.2) is 0 Å². The summed E-state index contributed by atoms with van der Waals surface area (Å²) >= 11 is 0. The summed E-state index contributed by atoms with van der Waals surface area (Å²) in [4.78, 5) is 26.3. The SMILES string of the molecule is C[C@]12CCC3c4cc5cc[nH]c5cc4CCC3C1CC[C@@H]2OC(=O)CCC(=O)O. The second kappa shape index (κ2) is 6.89. The van der Waals surface area contributed by atoms with E-state index >= 15 is 0 Å². The minimum Gasteiger partial charge on any atom is -0.481 e. The summed E-state index contributed by atoms with van der Waals surface area (Å²) in [5, 5.41) is 10.1. The molecule has 2 N–H and O–H groups in total. The number of aromatic amines is 1. The smallest absolute Gasteiger partial charge is 0.306 e. The van der Waals surface area contributed by atoms with Gasteiger partial charge >= 0.3 is 11.9 Å². The molecule has 0 amide bonds. The first-order valence-electron chi connectivity index (χ1n) is 11.0. The van der Waals surface area contributed by atoms with Crippen molar-refractivity contribution < 1.29 is 19.4 Å². The zero-order chi connectivity index (χ0) is 20.2. The first-order chi connectivity index (χ1) is 14.0. The zero-order valence-electron chi connectivity index (χ0n) is 16.9. The number of aliphatic carboxylic acids is 1. The maximum Gasteiger partial charge on any atom is 0.306 e. The van der Waals surface area contributed by atoms with Crippen molar-refractivity contribution in [2.24, 2.45) is 17.3 Å². The van der Waals surface area contributed by atoms with Crippen molar-refractivity contribution in [3.8, 4) is 0 Å². The Kier molecular flexibility index (Phi) is 4.45. The van der Waals surface area contributed by atoms with Gasteiger partial charge in [0.15, 0.2) is 0 Å². The predicted octanol–water partition coefficient (Wildman–Crippen LogP) is 4.80. The van der Waals surface area contributed by atoms with E-state index in [4.69, 9.17) is 9.84 Å². The van der Waals surface area contributed by atoms with Crippen LogP contribution in [0, 0.1) is 17.3 Å². The number of carboxylic acid groups (broad SMARTS) is 1. The number of rotatable bonds is 4. The average Bonchev–Trinajstić information content (AvgIpc) is 3.28. The second-order valence-corrected chi connectivity index (χ2v) is 9.53. The molecule has 0 spiro atoms. The van der Waals surface area contributed by atoms with E-state index in [1.54, 1.807) is 0 Å². The van der Waals surface area contributed by atoms with Crippen molar-refractivity contribution >= 4 is 22.8 Å². The second-order valence-electron chi connectivity index (χ2n) is 9.53. The molecule has 5 atom stereocenters. The summed E-state index contributed by atoms with van der Waals surface area (Å²) in [5.74, 6) is 0.534. The van der Waals surface area contributed by atoms with Crippen molar-refractivity contribution in [3.63, 3.8) is 0 Å². The van der Waals surface area contributed by atoms with Crippen LogP contribution < -0.4 is 0 Å². The number of benzene rings is 1. The number of H-pyrrole nitrogens is 1. The van der Waals surface area contributed by atoms with Gasteiger partial charge in [-0.1, -0.05) is 6.92 Å². The zero-order valence-corrected chi connectivity index (χ0v) is 16.9. The molecule has 1 aromatic heterocycles. The monoisotopic (exact) mass is 395 g/mol. The lowest BCUT2D eigenvalue weighted by Crippen LogP contribution is -2.45. The van der Waals surface area contributed by atoms with Gasteiger partial charge in [0.05, 0.1) is 12.8 Å². The molecule has 0 radical (unpaired) electrons. The van der Waals surface area contributed by atoms with Gasteiger partial charge in [0.25, 0.3) is 0 Å². The fourth-order valence-electron chi connectivity index (χ4n) is 6.70. The van der Waals surface area contributed by atoms with E-state index in [0.29, 0.717) is 17.8 Å². The molecule has 1 aromatic carbocycles. The van der Waals surface area contributed by atoms with Crippen LogP contribution >= 0.6 is 0 Å². The normalized spacial score (nSPS) is 33.0. The Morgan fingerprint density at radius 2 is 2.07 bits per heavy atom. The van der Waals surface area contributed by atoms with E-state index in [1.807, 2.05) is 6.20 Å². The average molecular weight is 395 g/mol. The lowest BCUT2D eigenvalue weighted by atomic mass is 9.55. The van der Waals surface area contributed by atoms with Crippen molar-refractivity contribution in [2.75, 3.05) is 0 Å². The van der Waals surface area contributed by atoms with Gasteiger partial charge in [-0.3, -0.25) is 9.59 Å². The van der Waals surface area contributed by atoms with E-state index in [1.165, 1.54) is 28.5 Å². The molecule has 2 fully saturated rings. The Hall–Kier alpha value is -2.30. The molecule has 3 unspecified atom stereocenters. The third-order valence-electron chi connectivity index (χ3n) is 8.13. The fraction of sp³-hybridized carbons (Fsp3) is 0.583. The van der Waals surface area contributed by atoms with E-state index in [-0.39, 0.29) is 30.3 Å². The highest BCUT2D eigenvalue weighted by Gasteiger charge is 2.56. The van der Waals surface area contributed by atoms with Gasteiger partial charge in [-0.05, 0) is 91.0 Å². The molecule has 29 heavy (non-hydrogen) atoms. The highest BCUT2D eigenvalue weighted by Crippen LogP contribution is 2.61. The largest absolute Gasteiger partial charge is 0.481 e. The Labute approximate surface area is 170 Å². The number of hydrogen-bond acceptors (Lipinski definition) is 3. The van der Waals surface area contributed by atoms with Gasteiger partial charge in [-0.2, -0.15) is 0 Å². The summed E-state index contributed by atoms with van der Waals surface area (Å²) in [6.07, 6.45) is 8.34. The van der Waals surface area contributed by atoms with E-state index < -0.39 is 5.97 Å². The highest BCUT2D eigenvalue weighted by atomic mass is 16.5. The molecule has 0 aliphatic heterocycles. The number of esters is 1. The van der Waals surface area contributed by atoms with Crippen LogP contribution in [-0.2, 0) is 20.7 Å². The number of aromatic nitrogens is 1. The fourth-order valence-corrected chi connectivity index (χ4v) is 6.70. The molecule has 2 saturated carbocycles. The molecule has 154 valence electrons. The van der Waals surface area contributed by atoms with Crippen LogP contribution in [0.15, 0.2) is 24.4 Å². The van der Waals surface area contributed by atoms with Crippen LogP contribution in [-0.4, -0.2) is 28.1 Å². The van der Waals surface area contributed by atoms with Crippen molar-refractivity contribution in [3.05, 3.63) is 35.5 Å². The summed E-state index contributed by atoms with van der Waals surface area (Å²) < 4.78 is 5.82. The molecular formula is C24H29NO4. The number of aryl methyl sites for hydroxylation is 1. The minimum absolute atomic E-state index is 0.0236. The van der Waals surface area contributed by atoms with Gasteiger partial charge in [0.2, 0.25) is 0 Å². The molecule has 3 aliphatic carbocycles. The number of hydrogen-bond donors (Lipinski definition) is 2. The van der Waals surface area contributed by atoms with E-state index in [0.717, 1.165) is 32.1 Å². The summed E-state index contributed by atoms with van der Waals surface area (Å²) in [6.45, 7) is 2.31. The number of carboxylic acids is 1. The minimum atomic E-state index is -0.949. The number of carbonyl (C=O) groups is 2. The van der Waals surface area contributed by atoms with Gasteiger partial charge in [-0.15, -0.1) is 0 Å². The maximum atomic E-state index is 12.2. The van der Waals surface area contributed by atoms with E-state index in [2.05, 4.69) is 30.1 Å². The van der Waals surface area contributed by atoms with Crippen molar-refractivity contribution in [1.29, 1.82) is 0 Å². The molecular weight excluding hydrogens is 366 g/mol. The highest BCUT2D eigenvalue weighted by molar-refractivity contribution is 5.81. The first kappa shape index (κ1) is 18.7. The number of fused-ring (bicyclic) bond motifs is 6. The van der Waals surface area contributed by atoms with Gasteiger partial charge < -0.3 is 14.8 Å². The topological polar surface area (TPSA) is 79.4 Å². The summed E-state index contributed by atoms with van der Waals surface area (Å²) in [7, 11) is 0. The molecule has 5 nitrogen and oxygen atoms in total. The molecule has 3 aliphatic rings. The van der Waals surface area contributed by atoms with Crippen LogP contribution in [0.3, 0.4) is 0 Å². The first-order valence-corrected chi connectivity index (χ1v) is 11.0. The van der Waals surface area contributed by atoms with Crippen LogP contribution in [0.5, 0.6) is 0 Å². The van der Waals surface area contributed by atoms with Crippen LogP contribution in [0.1, 0.15) is 68.9 Å².